The maximum absolute atomic E-state index is 11.4. The molecule has 0 aliphatic rings. The summed E-state index contributed by atoms with van der Waals surface area (Å²) in [6, 6.07) is 6.18. The van der Waals surface area contributed by atoms with Crippen molar-refractivity contribution in [1.29, 1.82) is 0 Å². The number of aliphatic hydroxyl groups is 2. The highest BCUT2D eigenvalue weighted by Gasteiger charge is 2.13. The van der Waals surface area contributed by atoms with Crippen LogP contribution in [0.5, 0.6) is 0 Å². The summed E-state index contributed by atoms with van der Waals surface area (Å²) in [4.78, 5) is 11.4. The maximum atomic E-state index is 11.4. The second kappa shape index (κ2) is 5.33. The van der Waals surface area contributed by atoms with Crippen LogP contribution < -0.4 is 5.73 Å². The molecule has 0 aliphatic heterocycles. The molecule has 5 nitrogen and oxygen atoms in total. The van der Waals surface area contributed by atoms with Crippen molar-refractivity contribution >= 4 is 11.7 Å². The van der Waals surface area contributed by atoms with Crippen LogP contribution in [0.15, 0.2) is 24.3 Å². The van der Waals surface area contributed by atoms with Crippen molar-refractivity contribution in [3.05, 3.63) is 29.8 Å². The van der Waals surface area contributed by atoms with Crippen LogP contribution in [0.4, 0.5) is 5.69 Å². The maximum Gasteiger partial charge on any atom is 0.338 e. The highest BCUT2D eigenvalue weighted by Crippen LogP contribution is 2.07. The van der Waals surface area contributed by atoms with Crippen molar-refractivity contribution in [2.45, 2.75) is 6.10 Å². The predicted octanol–water partition coefficient (Wildman–Crippen LogP) is -0.221. The molecule has 4 N–H and O–H groups in total. The number of carbonyl (C=O) groups excluding carboxylic acids is 1. The number of nitrogen functional groups attached to an aromatic ring is 1. The summed E-state index contributed by atoms with van der Waals surface area (Å²) in [6.07, 6.45) is -0.880. The molecule has 0 bridgehead atoms. The Morgan fingerprint density at radius 2 is 1.80 bits per heavy atom. The largest absolute Gasteiger partial charge is 0.454 e. The van der Waals surface area contributed by atoms with E-state index in [4.69, 9.17) is 20.7 Å². The Kier molecular flexibility index (Phi) is 4.08. The number of rotatable bonds is 4. The molecule has 0 radical (unpaired) electrons. The molecule has 0 unspecified atom stereocenters. The summed E-state index contributed by atoms with van der Waals surface area (Å²) in [7, 11) is 0. The number of ether oxygens (including phenoxy) is 1. The predicted molar refractivity (Wildman–Crippen MR) is 54.2 cm³/mol. The number of aliphatic hydroxyl groups excluding tert-OH is 2. The van der Waals surface area contributed by atoms with Crippen molar-refractivity contribution in [3.63, 3.8) is 0 Å². The van der Waals surface area contributed by atoms with Crippen molar-refractivity contribution in [2.24, 2.45) is 0 Å². The van der Waals surface area contributed by atoms with Crippen LogP contribution in [-0.4, -0.2) is 35.5 Å². The zero-order valence-electron chi connectivity index (χ0n) is 8.09. The molecule has 15 heavy (non-hydrogen) atoms. The Morgan fingerprint density at radius 1 is 1.27 bits per heavy atom. The van der Waals surface area contributed by atoms with Gasteiger partial charge >= 0.3 is 5.97 Å². The minimum atomic E-state index is -0.880. The fraction of sp³-hybridized carbons (Fsp3) is 0.300. The molecule has 0 heterocycles. The summed E-state index contributed by atoms with van der Waals surface area (Å²) >= 11 is 0. The van der Waals surface area contributed by atoms with E-state index in [9.17, 15) is 4.79 Å². The summed E-state index contributed by atoms with van der Waals surface area (Å²) < 4.78 is 4.79. The van der Waals surface area contributed by atoms with Gasteiger partial charge in [0, 0.05) is 5.69 Å². The van der Waals surface area contributed by atoms with Gasteiger partial charge in [0.1, 0.15) is 6.10 Å². The van der Waals surface area contributed by atoms with Crippen LogP contribution in [0, 0.1) is 0 Å². The smallest absolute Gasteiger partial charge is 0.338 e. The molecule has 0 atom stereocenters. The van der Waals surface area contributed by atoms with Gasteiger partial charge in [-0.3, -0.25) is 0 Å². The average molecular weight is 211 g/mol. The van der Waals surface area contributed by atoms with Gasteiger partial charge in [-0.15, -0.1) is 0 Å². The van der Waals surface area contributed by atoms with E-state index >= 15 is 0 Å². The first-order valence-corrected chi connectivity index (χ1v) is 4.45. The van der Waals surface area contributed by atoms with Gasteiger partial charge in [-0.1, -0.05) is 0 Å². The summed E-state index contributed by atoms with van der Waals surface area (Å²) in [5.74, 6) is -0.594. The van der Waals surface area contributed by atoms with Gasteiger partial charge in [0.25, 0.3) is 0 Å². The highest BCUT2D eigenvalue weighted by atomic mass is 16.6. The molecule has 0 saturated heterocycles. The Labute approximate surface area is 87.1 Å². The van der Waals surface area contributed by atoms with E-state index in [2.05, 4.69) is 0 Å². The lowest BCUT2D eigenvalue weighted by molar-refractivity contribution is -0.00544. The van der Waals surface area contributed by atoms with Crippen LogP contribution in [0.3, 0.4) is 0 Å². The first-order chi connectivity index (χ1) is 7.17. The van der Waals surface area contributed by atoms with E-state index in [0.717, 1.165) is 0 Å². The third kappa shape index (κ3) is 3.23. The van der Waals surface area contributed by atoms with Crippen LogP contribution in [0.25, 0.3) is 0 Å². The van der Waals surface area contributed by atoms with Gasteiger partial charge in [-0.05, 0) is 24.3 Å². The van der Waals surface area contributed by atoms with E-state index in [1.807, 2.05) is 0 Å². The van der Waals surface area contributed by atoms with Crippen molar-refractivity contribution in [3.8, 4) is 0 Å². The fourth-order valence-electron chi connectivity index (χ4n) is 0.971. The second-order valence-electron chi connectivity index (χ2n) is 3.01. The fourth-order valence-corrected chi connectivity index (χ4v) is 0.971. The SMILES string of the molecule is Nc1ccc(C(=O)OC(CO)CO)cc1. The standard InChI is InChI=1S/C10H13NO4/c11-8-3-1-7(2-4-8)10(14)15-9(5-12)6-13/h1-4,9,12-13H,5-6,11H2. The first-order valence-electron chi connectivity index (χ1n) is 4.45. The molecular weight excluding hydrogens is 198 g/mol. The quantitative estimate of drug-likeness (QED) is 0.473. The Bertz CT molecular complexity index is 319. The molecule has 0 aliphatic carbocycles. The van der Waals surface area contributed by atoms with Gasteiger partial charge < -0.3 is 20.7 Å². The summed E-state index contributed by atoms with van der Waals surface area (Å²) in [6.45, 7) is -0.811. The number of carbonyl (C=O) groups is 1. The van der Waals surface area contributed by atoms with Crippen LogP contribution in [0.2, 0.25) is 0 Å². The minimum absolute atomic E-state index is 0.330. The molecule has 0 saturated carbocycles. The zero-order chi connectivity index (χ0) is 11.3. The molecule has 0 spiro atoms. The number of benzene rings is 1. The van der Waals surface area contributed by atoms with Crippen LogP contribution in [-0.2, 0) is 4.74 Å². The number of esters is 1. The zero-order valence-corrected chi connectivity index (χ0v) is 8.09. The summed E-state index contributed by atoms with van der Waals surface area (Å²) in [5, 5.41) is 17.4. The van der Waals surface area contributed by atoms with E-state index in [0.29, 0.717) is 11.3 Å². The molecule has 1 rings (SSSR count). The Hall–Kier alpha value is -1.59. The number of hydrogen-bond donors (Lipinski definition) is 3. The number of anilines is 1. The highest BCUT2D eigenvalue weighted by molar-refractivity contribution is 5.89. The minimum Gasteiger partial charge on any atom is -0.454 e. The van der Waals surface area contributed by atoms with Crippen LogP contribution >= 0.6 is 0 Å². The van der Waals surface area contributed by atoms with E-state index in [-0.39, 0.29) is 0 Å². The lowest BCUT2D eigenvalue weighted by Crippen LogP contribution is -2.25. The lowest BCUT2D eigenvalue weighted by Gasteiger charge is -2.12. The topological polar surface area (TPSA) is 92.8 Å². The normalized spacial score (nSPS) is 10.3. The number of nitrogens with two attached hydrogens (primary N) is 1. The third-order valence-electron chi connectivity index (χ3n) is 1.83. The third-order valence-corrected chi connectivity index (χ3v) is 1.83. The molecule has 0 amide bonds. The van der Waals surface area contributed by atoms with Gasteiger partial charge in [0.15, 0.2) is 0 Å². The van der Waals surface area contributed by atoms with Gasteiger partial charge in [0.2, 0.25) is 0 Å². The lowest BCUT2D eigenvalue weighted by atomic mass is 10.2. The molecule has 0 aromatic heterocycles. The number of hydrogen-bond acceptors (Lipinski definition) is 5. The van der Waals surface area contributed by atoms with Gasteiger partial charge in [-0.2, -0.15) is 0 Å². The Morgan fingerprint density at radius 3 is 2.27 bits per heavy atom. The molecule has 0 fully saturated rings. The molecule has 82 valence electrons. The van der Waals surface area contributed by atoms with Crippen molar-refractivity contribution < 1.29 is 19.7 Å². The van der Waals surface area contributed by atoms with Crippen molar-refractivity contribution in [1.82, 2.24) is 0 Å². The first kappa shape index (κ1) is 11.5. The Balaban J connectivity index is 2.64. The van der Waals surface area contributed by atoms with E-state index in [1.54, 1.807) is 12.1 Å². The average Bonchev–Trinajstić information content (AvgIpc) is 2.26. The monoisotopic (exact) mass is 211 g/mol. The summed E-state index contributed by atoms with van der Waals surface area (Å²) in [5.41, 5.74) is 6.33. The van der Waals surface area contributed by atoms with E-state index < -0.39 is 25.3 Å². The van der Waals surface area contributed by atoms with Gasteiger partial charge in [0.05, 0.1) is 18.8 Å². The molecule has 1 aromatic carbocycles. The van der Waals surface area contributed by atoms with Crippen LogP contribution in [0.1, 0.15) is 10.4 Å². The van der Waals surface area contributed by atoms with E-state index in [1.165, 1.54) is 12.1 Å². The molecular formula is C10H13NO4. The molecule has 5 heteroatoms. The molecule has 1 aromatic rings. The van der Waals surface area contributed by atoms with Gasteiger partial charge in [-0.25, -0.2) is 4.79 Å². The van der Waals surface area contributed by atoms with Crippen molar-refractivity contribution in [2.75, 3.05) is 18.9 Å². The second-order valence-corrected chi connectivity index (χ2v) is 3.01.